The van der Waals surface area contributed by atoms with E-state index in [1.807, 2.05) is 23.8 Å². The summed E-state index contributed by atoms with van der Waals surface area (Å²) in [7, 11) is 0. The molecule has 0 amide bonds. The van der Waals surface area contributed by atoms with Crippen LogP contribution in [0.4, 0.5) is 4.39 Å². The van der Waals surface area contributed by atoms with E-state index in [1.54, 1.807) is 11.3 Å². The largest absolute Gasteiger partial charge is 0.205 e. The maximum absolute atomic E-state index is 13.7. The van der Waals surface area contributed by atoms with Crippen LogP contribution in [0, 0.1) is 5.82 Å². The zero-order valence-corrected chi connectivity index (χ0v) is 10.0. The standard InChI is InChI=1S/C9H6BrFS2/c1-12-7-3-2-6-8(9(7)11)5(10)4-13-6/h2-4H,1H3. The fraction of sp³-hybridized carbons (Fsp3) is 0.111. The molecule has 1 aromatic heterocycles. The molecular formula is C9H6BrFS2. The maximum atomic E-state index is 13.7. The molecule has 4 heteroatoms. The monoisotopic (exact) mass is 276 g/mol. The molecule has 2 rings (SSSR count). The quantitative estimate of drug-likeness (QED) is 0.690. The SMILES string of the molecule is CSc1ccc2scc(Br)c2c1F. The van der Waals surface area contributed by atoms with Crippen molar-refractivity contribution in [1.29, 1.82) is 0 Å². The topological polar surface area (TPSA) is 0 Å². The third kappa shape index (κ3) is 1.51. The second kappa shape index (κ2) is 3.59. The van der Waals surface area contributed by atoms with Crippen LogP contribution in [-0.4, -0.2) is 6.26 Å². The zero-order chi connectivity index (χ0) is 9.42. The highest BCUT2D eigenvalue weighted by molar-refractivity contribution is 9.10. The van der Waals surface area contributed by atoms with Crippen LogP contribution < -0.4 is 0 Å². The van der Waals surface area contributed by atoms with Crippen LogP contribution in [-0.2, 0) is 0 Å². The molecule has 0 unspecified atom stereocenters. The number of fused-ring (bicyclic) bond motifs is 1. The molecule has 0 N–H and O–H groups in total. The van der Waals surface area contributed by atoms with Crippen LogP contribution in [0.2, 0.25) is 0 Å². The first-order valence-corrected chi connectivity index (χ1v) is 6.53. The first-order chi connectivity index (χ1) is 6.24. The Kier molecular flexibility index (Phi) is 2.62. The predicted octanol–water partition coefficient (Wildman–Crippen LogP) is 4.52. The van der Waals surface area contributed by atoms with Crippen molar-refractivity contribution in [2.75, 3.05) is 6.26 Å². The molecule has 68 valence electrons. The van der Waals surface area contributed by atoms with Crippen LogP contribution >= 0.6 is 39.0 Å². The van der Waals surface area contributed by atoms with Crippen molar-refractivity contribution in [3.05, 3.63) is 27.8 Å². The van der Waals surface area contributed by atoms with Gasteiger partial charge in [0.25, 0.3) is 0 Å². The lowest BCUT2D eigenvalue weighted by molar-refractivity contribution is 0.615. The van der Waals surface area contributed by atoms with Gasteiger partial charge >= 0.3 is 0 Å². The average Bonchev–Trinajstić information content (AvgIpc) is 2.49. The van der Waals surface area contributed by atoms with Crippen LogP contribution in [0.3, 0.4) is 0 Å². The van der Waals surface area contributed by atoms with E-state index in [-0.39, 0.29) is 5.82 Å². The number of thioether (sulfide) groups is 1. The Morgan fingerprint density at radius 1 is 1.46 bits per heavy atom. The van der Waals surface area contributed by atoms with Crippen molar-refractivity contribution in [1.82, 2.24) is 0 Å². The van der Waals surface area contributed by atoms with Gasteiger partial charge in [0.15, 0.2) is 0 Å². The summed E-state index contributed by atoms with van der Waals surface area (Å²) in [6.45, 7) is 0. The third-order valence-electron chi connectivity index (χ3n) is 1.82. The summed E-state index contributed by atoms with van der Waals surface area (Å²) in [6, 6.07) is 3.78. The molecule has 0 saturated carbocycles. The van der Waals surface area contributed by atoms with Gasteiger partial charge in [-0.15, -0.1) is 23.1 Å². The van der Waals surface area contributed by atoms with Crippen LogP contribution in [0.25, 0.3) is 10.1 Å². The minimum atomic E-state index is -0.113. The first kappa shape index (κ1) is 9.49. The summed E-state index contributed by atoms with van der Waals surface area (Å²) in [5.74, 6) is -0.113. The number of rotatable bonds is 1. The van der Waals surface area contributed by atoms with Crippen LogP contribution in [0.1, 0.15) is 0 Å². The summed E-state index contributed by atoms with van der Waals surface area (Å²) >= 11 is 6.32. The second-order valence-corrected chi connectivity index (χ2v) is 5.15. The lowest BCUT2D eigenvalue weighted by Gasteiger charge is -1.99. The van der Waals surface area contributed by atoms with Gasteiger partial charge in [-0.25, -0.2) is 4.39 Å². The molecular weight excluding hydrogens is 271 g/mol. The van der Waals surface area contributed by atoms with Gasteiger partial charge < -0.3 is 0 Å². The lowest BCUT2D eigenvalue weighted by Crippen LogP contribution is -1.80. The van der Waals surface area contributed by atoms with E-state index in [4.69, 9.17) is 0 Å². The molecule has 1 heterocycles. The van der Waals surface area contributed by atoms with E-state index in [0.717, 1.165) is 9.17 Å². The van der Waals surface area contributed by atoms with Crippen LogP contribution in [0.15, 0.2) is 26.9 Å². The minimum Gasteiger partial charge on any atom is -0.205 e. The van der Waals surface area contributed by atoms with E-state index in [0.29, 0.717) is 10.3 Å². The van der Waals surface area contributed by atoms with Gasteiger partial charge in [0.1, 0.15) is 5.82 Å². The van der Waals surface area contributed by atoms with E-state index in [1.165, 1.54) is 11.8 Å². The van der Waals surface area contributed by atoms with Crippen molar-refractivity contribution in [2.45, 2.75) is 4.90 Å². The summed E-state index contributed by atoms with van der Waals surface area (Å²) in [4.78, 5) is 0.701. The summed E-state index contributed by atoms with van der Waals surface area (Å²) in [5.41, 5.74) is 0. The van der Waals surface area contributed by atoms with Gasteiger partial charge in [-0.3, -0.25) is 0 Å². The van der Waals surface area contributed by atoms with E-state index in [9.17, 15) is 4.39 Å². The smallest absolute Gasteiger partial charge is 0.146 e. The average molecular weight is 277 g/mol. The lowest BCUT2D eigenvalue weighted by atomic mass is 10.2. The van der Waals surface area contributed by atoms with Gasteiger partial charge in [-0.2, -0.15) is 0 Å². The highest BCUT2D eigenvalue weighted by Gasteiger charge is 2.10. The molecule has 0 saturated heterocycles. The van der Waals surface area contributed by atoms with Crippen LogP contribution in [0.5, 0.6) is 0 Å². The molecule has 0 fully saturated rings. The predicted molar refractivity (Wildman–Crippen MR) is 61.3 cm³/mol. The van der Waals surface area contributed by atoms with Crippen molar-refractivity contribution >= 4 is 49.1 Å². The van der Waals surface area contributed by atoms with Gasteiger partial charge in [0, 0.05) is 24.8 Å². The Balaban J connectivity index is 2.83. The summed E-state index contributed by atoms with van der Waals surface area (Å²) in [6.07, 6.45) is 1.88. The molecule has 0 bridgehead atoms. The highest BCUT2D eigenvalue weighted by Crippen LogP contribution is 2.35. The zero-order valence-electron chi connectivity index (χ0n) is 6.80. The molecule has 2 aromatic rings. The Hall–Kier alpha value is -0.0600. The van der Waals surface area contributed by atoms with Gasteiger partial charge in [-0.05, 0) is 34.3 Å². The number of benzene rings is 1. The Morgan fingerprint density at radius 3 is 2.92 bits per heavy atom. The first-order valence-electron chi connectivity index (χ1n) is 3.63. The van der Waals surface area contributed by atoms with Gasteiger partial charge in [0.05, 0.1) is 0 Å². The maximum Gasteiger partial charge on any atom is 0.146 e. The molecule has 0 aliphatic heterocycles. The molecule has 0 spiro atoms. The molecule has 0 nitrogen and oxygen atoms in total. The molecule has 13 heavy (non-hydrogen) atoms. The van der Waals surface area contributed by atoms with Gasteiger partial charge in [-0.1, -0.05) is 0 Å². The molecule has 0 aliphatic carbocycles. The van der Waals surface area contributed by atoms with E-state index < -0.39 is 0 Å². The molecule has 0 atom stereocenters. The van der Waals surface area contributed by atoms with E-state index >= 15 is 0 Å². The fourth-order valence-electron chi connectivity index (χ4n) is 1.19. The van der Waals surface area contributed by atoms with Crippen molar-refractivity contribution in [3.8, 4) is 0 Å². The molecule has 1 aromatic carbocycles. The Bertz CT molecular complexity index is 450. The highest BCUT2D eigenvalue weighted by atomic mass is 79.9. The van der Waals surface area contributed by atoms with Crippen molar-refractivity contribution < 1.29 is 4.39 Å². The third-order valence-corrected chi connectivity index (χ3v) is 4.45. The normalized spacial score (nSPS) is 11.0. The number of hydrogen-bond donors (Lipinski definition) is 0. The Morgan fingerprint density at radius 2 is 2.23 bits per heavy atom. The number of thiophene rings is 1. The molecule has 0 aliphatic rings. The van der Waals surface area contributed by atoms with Crippen molar-refractivity contribution in [2.24, 2.45) is 0 Å². The molecule has 0 radical (unpaired) electrons. The van der Waals surface area contributed by atoms with Gasteiger partial charge in [0.2, 0.25) is 0 Å². The minimum absolute atomic E-state index is 0.113. The second-order valence-electron chi connectivity index (χ2n) is 2.54. The number of hydrogen-bond acceptors (Lipinski definition) is 2. The van der Waals surface area contributed by atoms with Crippen molar-refractivity contribution in [3.63, 3.8) is 0 Å². The summed E-state index contributed by atoms with van der Waals surface area (Å²) < 4.78 is 15.6. The van der Waals surface area contributed by atoms with E-state index in [2.05, 4.69) is 15.9 Å². The summed E-state index contributed by atoms with van der Waals surface area (Å²) in [5, 5.41) is 2.62. The number of halogens is 2. The fourth-order valence-corrected chi connectivity index (χ4v) is 3.29. The Labute approximate surface area is 92.3 Å².